The van der Waals surface area contributed by atoms with Crippen molar-refractivity contribution in [3.05, 3.63) is 12.2 Å². The van der Waals surface area contributed by atoms with Crippen LogP contribution in [0.25, 0.3) is 0 Å². The van der Waals surface area contributed by atoms with Crippen molar-refractivity contribution in [3.63, 3.8) is 0 Å². The van der Waals surface area contributed by atoms with Gasteiger partial charge >= 0.3 is 12.1 Å². The Morgan fingerprint density at radius 2 is 1.11 bits per heavy atom. The quantitative estimate of drug-likeness (QED) is 0.0422. The molecule has 0 heterocycles. The molecule has 0 saturated heterocycles. The van der Waals surface area contributed by atoms with Crippen molar-refractivity contribution in [2.45, 2.75) is 193 Å². The first-order chi connectivity index (χ1) is 21.4. The highest BCUT2D eigenvalue weighted by atomic mass is 16.7. The van der Waals surface area contributed by atoms with Crippen molar-refractivity contribution in [2.24, 2.45) is 0 Å². The summed E-state index contributed by atoms with van der Waals surface area (Å²) >= 11 is 0. The van der Waals surface area contributed by atoms with E-state index in [1.165, 1.54) is 89.9 Å². The summed E-state index contributed by atoms with van der Waals surface area (Å²) in [5.41, 5.74) is 0. The van der Waals surface area contributed by atoms with Gasteiger partial charge in [-0.2, -0.15) is 0 Å². The number of allylic oxidation sites excluding steroid dienone is 1. The molecule has 0 rings (SSSR count). The summed E-state index contributed by atoms with van der Waals surface area (Å²) in [5.74, 6) is -0.0521. The molecule has 0 N–H and O–H groups in total. The van der Waals surface area contributed by atoms with Crippen molar-refractivity contribution in [1.29, 1.82) is 0 Å². The van der Waals surface area contributed by atoms with Gasteiger partial charge in [-0.15, -0.1) is 0 Å². The molecule has 2 atom stereocenters. The molecular weight excluding hydrogens is 550 g/mol. The maximum Gasteiger partial charge on any atom is 0.508 e. The Balaban J connectivity index is 4.29. The van der Waals surface area contributed by atoms with Crippen molar-refractivity contribution in [1.82, 2.24) is 4.90 Å². The first-order valence-corrected chi connectivity index (χ1v) is 18.7. The van der Waals surface area contributed by atoms with Crippen LogP contribution in [0.4, 0.5) is 4.79 Å². The van der Waals surface area contributed by atoms with E-state index in [0.717, 1.165) is 70.8 Å². The van der Waals surface area contributed by atoms with E-state index in [1.54, 1.807) is 0 Å². The molecule has 0 saturated carbocycles. The largest absolute Gasteiger partial charge is 0.508 e. The van der Waals surface area contributed by atoms with E-state index < -0.39 is 6.16 Å². The highest BCUT2D eigenvalue weighted by molar-refractivity contribution is 5.69. The summed E-state index contributed by atoms with van der Waals surface area (Å²) in [7, 11) is 4.05. The summed E-state index contributed by atoms with van der Waals surface area (Å²) in [5, 5.41) is 0. The summed E-state index contributed by atoms with van der Waals surface area (Å²) in [6.07, 6.45) is 31.9. The van der Waals surface area contributed by atoms with Crippen molar-refractivity contribution >= 4 is 12.1 Å². The van der Waals surface area contributed by atoms with Gasteiger partial charge in [-0.05, 0) is 78.3 Å². The van der Waals surface area contributed by atoms with E-state index in [9.17, 15) is 9.59 Å². The number of hydrogen-bond acceptors (Lipinski definition) is 6. The smallest absolute Gasteiger partial charge is 0.462 e. The van der Waals surface area contributed by atoms with Crippen LogP contribution in [-0.2, 0) is 19.0 Å². The van der Waals surface area contributed by atoms with Crippen LogP contribution in [-0.4, -0.2) is 56.5 Å². The lowest BCUT2D eigenvalue weighted by molar-refractivity contribution is -0.149. The molecule has 0 bridgehead atoms. The molecule has 0 aromatic rings. The topological polar surface area (TPSA) is 65.1 Å². The number of nitrogens with zero attached hydrogens (tertiary/aromatic N) is 1. The molecule has 0 spiro atoms. The minimum Gasteiger partial charge on any atom is -0.462 e. The second-order valence-electron chi connectivity index (χ2n) is 13.0. The highest BCUT2D eigenvalue weighted by Crippen LogP contribution is 2.18. The van der Waals surface area contributed by atoms with Gasteiger partial charge in [-0.1, -0.05) is 116 Å². The third kappa shape index (κ3) is 30.5. The Kier molecular flexibility index (Phi) is 31.7. The Labute approximate surface area is 273 Å². The minimum atomic E-state index is -0.497. The van der Waals surface area contributed by atoms with E-state index in [-0.39, 0.29) is 18.2 Å². The fourth-order valence-electron chi connectivity index (χ4n) is 5.48. The van der Waals surface area contributed by atoms with Gasteiger partial charge in [-0.25, -0.2) is 4.79 Å². The molecular formula is C38H73NO5. The third-order valence-electron chi connectivity index (χ3n) is 8.21. The molecule has 0 amide bonds. The summed E-state index contributed by atoms with van der Waals surface area (Å²) in [4.78, 5) is 26.4. The van der Waals surface area contributed by atoms with Crippen LogP contribution in [0, 0.1) is 0 Å². The molecule has 260 valence electrons. The van der Waals surface area contributed by atoms with Gasteiger partial charge in [0.15, 0.2) is 0 Å². The van der Waals surface area contributed by atoms with Crippen LogP contribution in [0.5, 0.6) is 0 Å². The average Bonchev–Trinajstić information content (AvgIpc) is 2.99. The summed E-state index contributed by atoms with van der Waals surface area (Å²) < 4.78 is 16.9. The molecule has 2 unspecified atom stereocenters. The van der Waals surface area contributed by atoms with E-state index in [2.05, 4.69) is 30.9 Å². The predicted molar refractivity (Wildman–Crippen MR) is 186 cm³/mol. The second-order valence-corrected chi connectivity index (χ2v) is 13.0. The van der Waals surface area contributed by atoms with Crippen molar-refractivity contribution in [3.8, 4) is 0 Å². The molecule has 6 heteroatoms. The Morgan fingerprint density at radius 1 is 0.591 bits per heavy atom. The average molecular weight is 624 g/mol. The molecule has 0 fully saturated rings. The number of esters is 1. The minimum absolute atomic E-state index is 0.0263. The predicted octanol–water partition coefficient (Wildman–Crippen LogP) is 11.3. The molecule has 0 aromatic heterocycles. The zero-order valence-corrected chi connectivity index (χ0v) is 29.9. The fraction of sp³-hybridized carbons (Fsp3) is 0.895. The molecule has 44 heavy (non-hydrogen) atoms. The molecule has 0 aromatic carbocycles. The number of ether oxygens (including phenoxy) is 3. The highest BCUT2D eigenvalue weighted by Gasteiger charge is 2.16. The summed E-state index contributed by atoms with van der Waals surface area (Å²) in [6, 6.07) is 0. The van der Waals surface area contributed by atoms with Gasteiger partial charge in [0.25, 0.3) is 0 Å². The molecule has 0 radical (unpaired) electrons. The number of carbonyl (C=O) groups excluding carboxylic acids is 2. The number of unbranched alkanes of at least 4 members (excludes halogenated alkanes) is 15. The lowest BCUT2D eigenvalue weighted by atomic mass is 10.0. The zero-order valence-electron chi connectivity index (χ0n) is 29.9. The fourth-order valence-corrected chi connectivity index (χ4v) is 5.48. The van der Waals surface area contributed by atoms with Crippen molar-refractivity contribution in [2.75, 3.05) is 27.2 Å². The van der Waals surface area contributed by atoms with Crippen molar-refractivity contribution < 1.29 is 23.8 Å². The van der Waals surface area contributed by atoms with Gasteiger partial charge in [-0.3, -0.25) is 4.79 Å². The maximum atomic E-state index is 12.3. The van der Waals surface area contributed by atoms with Crippen LogP contribution in [0.2, 0.25) is 0 Å². The Bertz CT molecular complexity index is 666. The van der Waals surface area contributed by atoms with E-state index in [4.69, 9.17) is 14.2 Å². The van der Waals surface area contributed by atoms with Gasteiger partial charge in [0.2, 0.25) is 0 Å². The standard InChI is InChI=1S/C38H73NO5/c1-6-9-11-13-14-17-21-25-31-36(44-38(41)42-34-27-33-39(4)5)32-26-22-19-16-15-18-20-24-30-35(29-23-12-10-7-2)43-37(40)28-8-3/h20,24,35-36H,6-19,21-23,25-34H2,1-5H3/b24-20-. The number of rotatable bonds is 32. The van der Waals surface area contributed by atoms with Gasteiger partial charge < -0.3 is 19.1 Å². The van der Waals surface area contributed by atoms with Crippen LogP contribution >= 0.6 is 0 Å². The normalized spacial score (nSPS) is 13.0. The molecule has 0 aliphatic heterocycles. The molecule has 6 nitrogen and oxygen atoms in total. The first kappa shape index (κ1) is 42.4. The van der Waals surface area contributed by atoms with Gasteiger partial charge in [0, 0.05) is 19.4 Å². The van der Waals surface area contributed by atoms with Gasteiger partial charge in [0.1, 0.15) is 12.2 Å². The maximum absolute atomic E-state index is 12.3. The first-order valence-electron chi connectivity index (χ1n) is 18.7. The lowest BCUT2D eigenvalue weighted by Gasteiger charge is -2.18. The zero-order chi connectivity index (χ0) is 32.5. The number of carbonyl (C=O) groups is 2. The molecule has 0 aliphatic carbocycles. The van der Waals surface area contributed by atoms with E-state index in [0.29, 0.717) is 13.0 Å². The van der Waals surface area contributed by atoms with Crippen LogP contribution in [0.1, 0.15) is 181 Å². The lowest BCUT2D eigenvalue weighted by Crippen LogP contribution is -2.21. The SMILES string of the molecule is CCCCCCCCCCC(CCCCCCC/C=C\CC(CCCCCC)OC(=O)CCC)OC(=O)OCCCN(C)C. The summed E-state index contributed by atoms with van der Waals surface area (Å²) in [6.45, 7) is 7.82. The Morgan fingerprint density at radius 3 is 1.68 bits per heavy atom. The van der Waals surface area contributed by atoms with E-state index >= 15 is 0 Å². The van der Waals surface area contributed by atoms with Crippen LogP contribution < -0.4 is 0 Å². The monoisotopic (exact) mass is 624 g/mol. The van der Waals surface area contributed by atoms with E-state index in [1.807, 2.05) is 21.0 Å². The molecule has 0 aliphatic rings. The van der Waals surface area contributed by atoms with Crippen LogP contribution in [0.3, 0.4) is 0 Å². The second kappa shape index (κ2) is 32.8. The van der Waals surface area contributed by atoms with Gasteiger partial charge in [0.05, 0.1) is 6.61 Å². The number of hydrogen-bond donors (Lipinski definition) is 0. The van der Waals surface area contributed by atoms with Crippen LogP contribution in [0.15, 0.2) is 12.2 Å². The third-order valence-corrected chi connectivity index (χ3v) is 8.21. The Hall–Kier alpha value is -1.56.